The van der Waals surface area contributed by atoms with Gasteiger partial charge in [0, 0.05) is 5.02 Å². The molecule has 1 unspecified atom stereocenters. The van der Waals surface area contributed by atoms with E-state index in [1.807, 2.05) is 0 Å². The molecule has 0 bridgehead atoms. The number of hydrogen-bond acceptors (Lipinski definition) is 4. The number of rotatable bonds is 4. The average molecular weight is 350 g/mol. The van der Waals surface area contributed by atoms with Crippen LogP contribution in [0.4, 0.5) is 9.18 Å². The van der Waals surface area contributed by atoms with E-state index in [0.29, 0.717) is 16.3 Å². The molecule has 0 aliphatic carbocycles. The molecule has 8 heteroatoms. The van der Waals surface area contributed by atoms with Crippen LogP contribution in [0.3, 0.4) is 0 Å². The van der Waals surface area contributed by atoms with Gasteiger partial charge in [-0.25, -0.2) is 9.18 Å². The third-order valence-electron chi connectivity index (χ3n) is 3.51. The standard InChI is InChI=1S/C16H13ClFN3O3/c17-10-3-1-9(2-4-10)14(12-6-5-11(18)7-19-12)21-15(22)13-8-20-16(23)24-13/h1-7,13-14H,8H2,(H,20,23)(H,21,22)/t13?,14-/m0/s1. The van der Waals surface area contributed by atoms with Crippen LogP contribution in [-0.2, 0) is 9.53 Å². The molecule has 2 amide bonds. The number of carbonyl (C=O) groups excluding carboxylic acids is 2. The van der Waals surface area contributed by atoms with E-state index in [1.165, 1.54) is 12.1 Å². The Labute approximate surface area is 142 Å². The largest absolute Gasteiger partial charge is 0.434 e. The lowest BCUT2D eigenvalue weighted by molar-refractivity contribution is -0.128. The highest BCUT2D eigenvalue weighted by atomic mass is 35.5. The van der Waals surface area contributed by atoms with E-state index in [4.69, 9.17) is 16.3 Å². The molecule has 0 radical (unpaired) electrons. The predicted molar refractivity (Wildman–Crippen MR) is 83.9 cm³/mol. The Morgan fingerprint density at radius 2 is 2.08 bits per heavy atom. The van der Waals surface area contributed by atoms with Gasteiger partial charge in [-0.2, -0.15) is 0 Å². The Kier molecular flexibility index (Phi) is 4.61. The third-order valence-corrected chi connectivity index (χ3v) is 3.76. The minimum atomic E-state index is -0.923. The number of nitrogens with one attached hydrogen (secondary N) is 2. The zero-order chi connectivity index (χ0) is 17.1. The van der Waals surface area contributed by atoms with Gasteiger partial charge in [0.1, 0.15) is 5.82 Å². The number of cyclic esters (lactones) is 1. The molecule has 24 heavy (non-hydrogen) atoms. The summed E-state index contributed by atoms with van der Waals surface area (Å²) in [6.07, 6.45) is -0.493. The molecule has 2 heterocycles. The van der Waals surface area contributed by atoms with Crippen LogP contribution in [0, 0.1) is 5.82 Å². The number of benzene rings is 1. The lowest BCUT2D eigenvalue weighted by Gasteiger charge is -2.20. The molecule has 1 fully saturated rings. The molecule has 3 rings (SSSR count). The first kappa shape index (κ1) is 16.2. The maximum atomic E-state index is 13.1. The predicted octanol–water partition coefficient (Wildman–Crippen LogP) is 2.19. The first-order valence-electron chi connectivity index (χ1n) is 7.15. The molecule has 2 atom stereocenters. The summed E-state index contributed by atoms with van der Waals surface area (Å²) >= 11 is 5.89. The lowest BCUT2D eigenvalue weighted by Crippen LogP contribution is -2.39. The Morgan fingerprint density at radius 3 is 2.67 bits per heavy atom. The van der Waals surface area contributed by atoms with E-state index in [-0.39, 0.29) is 6.54 Å². The normalized spacial score (nSPS) is 17.8. The van der Waals surface area contributed by atoms with Crippen molar-refractivity contribution in [1.29, 1.82) is 0 Å². The molecule has 1 aliphatic heterocycles. The van der Waals surface area contributed by atoms with Crippen molar-refractivity contribution in [1.82, 2.24) is 15.6 Å². The molecule has 124 valence electrons. The number of ether oxygens (including phenoxy) is 1. The van der Waals surface area contributed by atoms with E-state index in [0.717, 1.165) is 6.20 Å². The topological polar surface area (TPSA) is 80.3 Å². The van der Waals surface area contributed by atoms with Gasteiger partial charge in [0.15, 0.2) is 6.10 Å². The average Bonchev–Trinajstić information content (AvgIpc) is 3.01. The highest BCUT2D eigenvalue weighted by Crippen LogP contribution is 2.23. The van der Waals surface area contributed by atoms with Crippen molar-refractivity contribution in [3.63, 3.8) is 0 Å². The zero-order valence-electron chi connectivity index (χ0n) is 12.3. The van der Waals surface area contributed by atoms with Crippen LogP contribution in [0.2, 0.25) is 5.02 Å². The van der Waals surface area contributed by atoms with Crippen molar-refractivity contribution in [3.05, 3.63) is 64.7 Å². The Bertz CT molecular complexity index is 707. The van der Waals surface area contributed by atoms with Gasteiger partial charge in [0.25, 0.3) is 5.91 Å². The summed E-state index contributed by atoms with van der Waals surface area (Å²) in [5.74, 6) is -0.951. The van der Waals surface area contributed by atoms with Crippen molar-refractivity contribution in [2.24, 2.45) is 0 Å². The number of nitrogens with zero attached hydrogens (tertiary/aromatic N) is 1. The van der Waals surface area contributed by atoms with Gasteiger partial charge >= 0.3 is 6.09 Å². The number of pyridine rings is 1. The lowest BCUT2D eigenvalue weighted by atomic mass is 10.0. The van der Waals surface area contributed by atoms with E-state index in [9.17, 15) is 14.0 Å². The minimum Gasteiger partial charge on any atom is -0.434 e. The van der Waals surface area contributed by atoms with Gasteiger partial charge in [-0.1, -0.05) is 23.7 Å². The molecule has 2 aromatic rings. The summed E-state index contributed by atoms with van der Waals surface area (Å²) in [5.41, 5.74) is 1.16. The fourth-order valence-corrected chi connectivity index (χ4v) is 2.44. The Balaban J connectivity index is 1.86. The van der Waals surface area contributed by atoms with Crippen LogP contribution in [0.1, 0.15) is 17.3 Å². The minimum absolute atomic E-state index is 0.0921. The van der Waals surface area contributed by atoms with Gasteiger partial charge in [-0.05, 0) is 29.8 Å². The maximum absolute atomic E-state index is 13.1. The van der Waals surface area contributed by atoms with Gasteiger partial charge in [0.2, 0.25) is 0 Å². The first-order chi connectivity index (χ1) is 11.5. The van der Waals surface area contributed by atoms with E-state index in [1.54, 1.807) is 24.3 Å². The van der Waals surface area contributed by atoms with E-state index < -0.39 is 30.0 Å². The zero-order valence-corrected chi connectivity index (χ0v) is 13.1. The number of carbonyl (C=O) groups is 2. The molecule has 1 aromatic carbocycles. The van der Waals surface area contributed by atoms with E-state index in [2.05, 4.69) is 15.6 Å². The second kappa shape index (κ2) is 6.84. The molecule has 0 saturated carbocycles. The Morgan fingerprint density at radius 1 is 1.33 bits per heavy atom. The number of halogens is 2. The molecular weight excluding hydrogens is 337 g/mol. The van der Waals surface area contributed by atoms with Crippen molar-refractivity contribution in [2.45, 2.75) is 12.1 Å². The second-order valence-corrected chi connectivity index (χ2v) is 5.61. The fourth-order valence-electron chi connectivity index (χ4n) is 2.31. The SMILES string of the molecule is O=C1NCC(C(=O)N[C@@H](c2ccc(Cl)cc2)c2ccc(F)cn2)O1. The van der Waals surface area contributed by atoms with Crippen molar-refractivity contribution >= 4 is 23.6 Å². The molecule has 1 aromatic heterocycles. The fraction of sp³-hybridized carbons (Fsp3) is 0.188. The highest BCUT2D eigenvalue weighted by molar-refractivity contribution is 6.30. The number of hydrogen-bond donors (Lipinski definition) is 2. The molecule has 6 nitrogen and oxygen atoms in total. The summed E-state index contributed by atoms with van der Waals surface area (Å²) in [7, 11) is 0. The van der Waals surface area contributed by atoms with Crippen molar-refractivity contribution < 1.29 is 18.7 Å². The van der Waals surface area contributed by atoms with Crippen LogP contribution < -0.4 is 10.6 Å². The Hall–Kier alpha value is -2.67. The van der Waals surface area contributed by atoms with Crippen molar-refractivity contribution in [3.8, 4) is 0 Å². The van der Waals surface area contributed by atoms with Crippen LogP contribution >= 0.6 is 11.6 Å². The van der Waals surface area contributed by atoms with Crippen LogP contribution in [0.5, 0.6) is 0 Å². The molecular formula is C16H13ClFN3O3. The van der Waals surface area contributed by atoms with Gasteiger partial charge in [-0.3, -0.25) is 9.78 Å². The molecule has 1 saturated heterocycles. The van der Waals surface area contributed by atoms with Gasteiger partial charge in [0.05, 0.1) is 24.5 Å². The van der Waals surface area contributed by atoms with Crippen LogP contribution in [-0.4, -0.2) is 29.6 Å². The smallest absolute Gasteiger partial charge is 0.408 e. The number of aromatic nitrogens is 1. The molecule has 0 spiro atoms. The molecule has 2 N–H and O–H groups in total. The highest BCUT2D eigenvalue weighted by Gasteiger charge is 2.31. The van der Waals surface area contributed by atoms with Crippen LogP contribution in [0.15, 0.2) is 42.6 Å². The number of alkyl carbamates (subject to hydrolysis) is 1. The summed E-state index contributed by atoms with van der Waals surface area (Å²) in [6.45, 7) is 0.0921. The second-order valence-electron chi connectivity index (χ2n) is 5.17. The van der Waals surface area contributed by atoms with Gasteiger partial charge in [-0.15, -0.1) is 0 Å². The third kappa shape index (κ3) is 3.62. The summed E-state index contributed by atoms with van der Waals surface area (Å²) in [4.78, 5) is 27.4. The van der Waals surface area contributed by atoms with Crippen molar-refractivity contribution in [2.75, 3.05) is 6.54 Å². The summed E-state index contributed by atoms with van der Waals surface area (Å²) in [6, 6.07) is 8.93. The quantitative estimate of drug-likeness (QED) is 0.886. The molecule has 1 aliphatic rings. The summed E-state index contributed by atoms with van der Waals surface area (Å²) < 4.78 is 18.0. The summed E-state index contributed by atoms with van der Waals surface area (Å²) in [5, 5.41) is 5.73. The monoisotopic (exact) mass is 349 g/mol. The van der Waals surface area contributed by atoms with Crippen LogP contribution in [0.25, 0.3) is 0 Å². The maximum Gasteiger partial charge on any atom is 0.408 e. The number of amides is 2. The first-order valence-corrected chi connectivity index (χ1v) is 7.52. The van der Waals surface area contributed by atoms with E-state index >= 15 is 0 Å². The van der Waals surface area contributed by atoms with Gasteiger partial charge < -0.3 is 15.4 Å².